The van der Waals surface area contributed by atoms with Gasteiger partial charge in [-0.1, -0.05) is 31.2 Å². The maximum absolute atomic E-state index is 4.04. The summed E-state index contributed by atoms with van der Waals surface area (Å²) >= 11 is 0. The van der Waals surface area contributed by atoms with Crippen LogP contribution < -0.4 is 5.32 Å². The summed E-state index contributed by atoms with van der Waals surface area (Å²) in [5.41, 5.74) is 2.13. The van der Waals surface area contributed by atoms with E-state index in [-0.39, 0.29) is 0 Å². The van der Waals surface area contributed by atoms with Crippen molar-refractivity contribution in [2.45, 2.75) is 33.2 Å². The summed E-state index contributed by atoms with van der Waals surface area (Å²) in [6.45, 7) is 6.68. The van der Waals surface area contributed by atoms with E-state index in [1.165, 1.54) is 0 Å². The molecule has 1 aromatic carbocycles. The summed E-state index contributed by atoms with van der Waals surface area (Å²) in [7, 11) is 0. The zero-order valence-electron chi connectivity index (χ0n) is 11.2. The molecule has 4 nitrogen and oxygen atoms in total. The van der Waals surface area contributed by atoms with Crippen molar-refractivity contribution in [1.82, 2.24) is 15.0 Å². The number of para-hydroxylation sites is 2. The van der Waals surface area contributed by atoms with Gasteiger partial charge in [0.1, 0.15) is 0 Å². The molecule has 1 N–H and O–H groups in total. The molecule has 4 heteroatoms. The van der Waals surface area contributed by atoms with Crippen LogP contribution in [0, 0.1) is 5.92 Å². The van der Waals surface area contributed by atoms with E-state index in [1.807, 2.05) is 24.4 Å². The van der Waals surface area contributed by atoms with Gasteiger partial charge >= 0.3 is 0 Å². The Kier molecular flexibility index (Phi) is 3.97. The van der Waals surface area contributed by atoms with Gasteiger partial charge in [-0.05, 0) is 31.4 Å². The standard InChI is InChI=1S/C14H20N4/c1-11(2)10-12(3)16-13-6-4-5-7-14(13)18-9-8-15-17-18/h4-9,11-12,16H,10H2,1-3H3. The quantitative estimate of drug-likeness (QED) is 0.878. The fraction of sp³-hybridized carbons (Fsp3) is 0.429. The largest absolute Gasteiger partial charge is 0.381 e. The third kappa shape index (κ3) is 3.09. The monoisotopic (exact) mass is 244 g/mol. The first-order chi connectivity index (χ1) is 8.66. The summed E-state index contributed by atoms with van der Waals surface area (Å²) in [5.74, 6) is 0.686. The molecule has 0 radical (unpaired) electrons. The fourth-order valence-electron chi connectivity index (χ4n) is 2.16. The van der Waals surface area contributed by atoms with Crippen molar-refractivity contribution < 1.29 is 0 Å². The Morgan fingerprint density at radius 1 is 1.22 bits per heavy atom. The molecule has 2 aromatic rings. The van der Waals surface area contributed by atoms with Crippen LogP contribution in [-0.4, -0.2) is 21.0 Å². The molecule has 2 rings (SSSR count). The van der Waals surface area contributed by atoms with Crippen LogP contribution in [0.3, 0.4) is 0 Å². The van der Waals surface area contributed by atoms with Gasteiger partial charge in [-0.2, -0.15) is 0 Å². The maximum atomic E-state index is 4.04. The van der Waals surface area contributed by atoms with Crippen molar-refractivity contribution in [3.05, 3.63) is 36.7 Å². The van der Waals surface area contributed by atoms with Gasteiger partial charge in [0.05, 0.1) is 23.8 Å². The summed E-state index contributed by atoms with van der Waals surface area (Å²) in [6.07, 6.45) is 4.69. The molecular weight excluding hydrogens is 224 g/mol. The molecule has 1 heterocycles. The van der Waals surface area contributed by atoms with Gasteiger partial charge in [-0.15, -0.1) is 5.10 Å². The number of hydrogen-bond acceptors (Lipinski definition) is 3. The van der Waals surface area contributed by atoms with Gasteiger partial charge < -0.3 is 5.32 Å². The highest BCUT2D eigenvalue weighted by molar-refractivity contribution is 5.60. The van der Waals surface area contributed by atoms with Crippen LogP contribution >= 0.6 is 0 Å². The topological polar surface area (TPSA) is 42.7 Å². The molecular formula is C14H20N4. The van der Waals surface area contributed by atoms with Gasteiger partial charge in [0, 0.05) is 6.04 Å². The molecule has 1 aromatic heterocycles. The summed E-state index contributed by atoms with van der Waals surface area (Å²) in [6, 6.07) is 8.60. The lowest BCUT2D eigenvalue weighted by Crippen LogP contribution is -2.18. The maximum Gasteiger partial charge on any atom is 0.0894 e. The first kappa shape index (κ1) is 12.6. The molecule has 96 valence electrons. The van der Waals surface area contributed by atoms with Gasteiger partial charge in [-0.25, -0.2) is 4.68 Å². The van der Waals surface area contributed by atoms with E-state index >= 15 is 0 Å². The molecule has 0 aliphatic heterocycles. The van der Waals surface area contributed by atoms with E-state index in [1.54, 1.807) is 10.9 Å². The predicted octanol–water partition coefficient (Wildman–Crippen LogP) is 3.11. The highest BCUT2D eigenvalue weighted by Gasteiger charge is 2.09. The Morgan fingerprint density at radius 3 is 2.67 bits per heavy atom. The summed E-state index contributed by atoms with van der Waals surface area (Å²) in [5, 5.41) is 11.4. The van der Waals surface area contributed by atoms with Gasteiger partial charge in [0.25, 0.3) is 0 Å². The van der Waals surface area contributed by atoms with Crippen molar-refractivity contribution in [2.24, 2.45) is 5.92 Å². The zero-order chi connectivity index (χ0) is 13.0. The summed E-state index contributed by atoms with van der Waals surface area (Å²) in [4.78, 5) is 0. The predicted molar refractivity (Wildman–Crippen MR) is 73.9 cm³/mol. The van der Waals surface area contributed by atoms with Crippen molar-refractivity contribution in [3.8, 4) is 5.69 Å². The Bertz CT molecular complexity index is 476. The zero-order valence-corrected chi connectivity index (χ0v) is 11.2. The first-order valence-electron chi connectivity index (χ1n) is 6.39. The van der Waals surface area contributed by atoms with E-state index in [4.69, 9.17) is 0 Å². The molecule has 18 heavy (non-hydrogen) atoms. The van der Waals surface area contributed by atoms with Crippen molar-refractivity contribution in [1.29, 1.82) is 0 Å². The van der Waals surface area contributed by atoms with E-state index in [9.17, 15) is 0 Å². The second kappa shape index (κ2) is 5.67. The van der Waals surface area contributed by atoms with Crippen LogP contribution in [0.25, 0.3) is 5.69 Å². The number of hydrogen-bond donors (Lipinski definition) is 1. The molecule has 1 atom stereocenters. The van der Waals surface area contributed by atoms with Crippen molar-refractivity contribution in [3.63, 3.8) is 0 Å². The van der Waals surface area contributed by atoms with Crippen molar-refractivity contribution >= 4 is 5.69 Å². The van der Waals surface area contributed by atoms with Crippen molar-refractivity contribution in [2.75, 3.05) is 5.32 Å². The Balaban J connectivity index is 2.18. The number of benzene rings is 1. The molecule has 0 fully saturated rings. The van der Waals surface area contributed by atoms with Crippen LogP contribution in [0.5, 0.6) is 0 Å². The Labute approximate surface area is 108 Å². The third-order valence-electron chi connectivity index (χ3n) is 2.80. The van der Waals surface area contributed by atoms with Crippen LogP contribution in [0.15, 0.2) is 36.7 Å². The molecule has 0 spiro atoms. The number of nitrogens with one attached hydrogen (secondary N) is 1. The minimum Gasteiger partial charge on any atom is -0.381 e. The molecule has 0 aliphatic carbocycles. The Hall–Kier alpha value is -1.84. The lowest BCUT2D eigenvalue weighted by Gasteiger charge is -2.19. The van der Waals surface area contributed by atoms with Crippen LogP contribution in [-0.2, 0) is 0 Å². The number of aromatic nitrogens is 3. The van der Waals surface area contributed by atoms with E-state index in [0.717, 1.165) is 17.8 Å². The molecule has 0 amide bonds. The minimum absolute atomic E-state index is 0.440. The molecule has 0 saturated carbocycles. The third-order valence-corrected chi connectivity index (χ3v) is 2.80. The summed E-state index contributed by atoms with van der Waals surface area (Å²) < 4.78 is 1.78. The van der Waals surface area contributed by atoms with Crippen LogP contribution in [0.4, 0.5) is 5.69 Å². The van der Waals surface area contributed by atoms with E-state index < -0.39 is 0 Å². The van der Waals surface area contributed by atoms with E-state index in [0.29, 0.717) is 12.0 Å². The lowest BCUT2D eigenvalue weighted by molar-refractivity contribution is 0.539. The van der Waals surface area contributed by atoms with Gasteiger partial charge in [0.2, 0.25) is 0 Å². The highest BCUT2D eigenvalue weighted by atomic mass is 15.4. The van der Waals surface area contributed by atoms with Crippen LogP contribution in [0.2, 0.25) is 0 Å². The Morgan fingerprint density at radius 2 is 2.00 bits per heavy atom. The average molecular weight is 244 g/mol. The molecule has 0 saturated heterocycles. The average Bonchev–Trinajstić information content (AvgIpc) is 2.81. The smallest absolute Gasteiger partial charge is 0.0894 e. The second-order valence-corrected chi connectivity index (χ2v) is 5.04. The molecule has 0 aliphatic rings. The number of anilines is 1. The first-order valence-corrected chi connectivity index (χ1v) is 6.39. The normalized spacial score (nSPS) is 12.7. The highest BCUT2D eigenvalue weighted by Crippen LogP contribution is 2.20. The van der Waals surface area contributed by atoms with E-state index in [2.05, 4.69) is 42.5 Å². The molecule has 1 unspecified atom stereocenters. The number of nitrogens with zero attached hydrogens (tertiary/aromatic N) is 3. The minimum atomic E-state index is 0.440. The molecule has 0 bridgehead atoms. The number of rotatable bonds is 5. The SMILES string of the molecule is CC(C)CC(C)Nc1ccccc1-n1ccnn1. The second-order valence-electron chi connectivity index (χ2n) is 5.04. The van der Waals surface area contributed by atoms with Crippen LogP contribution in [0.1, 0.15) is 27.2 Å². The van der Waals surface area contributed by atoms with Gasteiger partial charge in [0.15, 0.2) is 0 Å². The fourth-order valence-corrected chi connectivity index (χ4v) is 2.16. The lowest BCUT2D eigenvalue weighted by atomic mass is 10.0. The van der Waals surface area contributed by atoms with Gasteiger partial charge in [-0.3, -0.25) is 0 Å².